The second-order valence-corrected chi connectivity index (χ2v) is 5.56. The first kappa shape index (κ1) is 16.7. The molecule has 6 heteroatoms. The first-order chi connectivity index (χ1) is 12.1. The molecule has 0 saturated carbocycles. The van der Waals surface area contributed by atoms with Crippen LogP contribution >= 0.6 is 0 Å². The van der Waals surface area contributed by atoms with E-state index in [1.807, 2.05) is 32.0 Å². The molecule has 0 bridgehead atoms. The molecule has 0 spiro atoms. The van der Waals surface area contributed by atoms with Crippen molar-refractivity contribution in [2.75, 3.05) is 12.4 Å². The SMILES string of the molecule is CCc1cccc(C)c1NC(=O)c1nnc(-c2ccc(OC)cc2)o1. The second-order valence-electron chi connectivity index (χ2n) is 5.56. The van der Waals surface area contributed by atoms with Gasteiger partial charge in [0.2, 0.25) is 5.89 Å². The van der Waals surface area contributed by atoms with Crippen molar-refractivity contribution in [3.05, 3.63) is 59.5 Å². The number of hydrogen-bond acceptors (Lipinski definition) is 5. The molecular weight excluding hydrogens is 318 g/mol. The van der Waals surface area contributed by atoms with E-state index in [9.17, 15) is 4.79 Å². The van der Waals surface area contributed by atoms with Crippen LogP contribution in [0.25, 0.3) is 11.5 Å². The lowest BCUT2D eigenvalue weighted by Gasteiger charge is -2.11. The largest absolute Gasteiger partial charge is 0.497 e. The standard InChI is InChI=1S/C19H19N3O3/c1-4-13-7-5-6-12(2)16(13)20-17(23)19-22-21-18(25-19)14-8-10-15(24-3)11-9-14/h5-11H,4H2,1-3H3,(H,20,23). The summed E-state index contributed by atoms with van der Waals surface area (Å²) in [7, 11) is 1.60. The van der Waals surface area contributed by atoms with E-state index in [1.54, 1.807) is 31.4 Å². The van der Waals surface area contributed by atoms with Crippen LogP contribution in [0, 0.1) is 6.92 Å². The second kappa shape index (κ2) is 7.17. The van der Waals surface area contributed by atoms with Crippen LogP contribution in [0.5, 0.6) is 5.75 Å². The third-order valence-electron chi connectivity index (χ3n) is 3.93. The molecule has 6 nitrogen and oxygen atoms in total. The van der Waals surface area contributed by atoms with Crippen LogP contribution in [-0.4, -0.2) is 23.2 Å². The minimum atomic E-state index is -0.420. The first-order valence-corrected chi connectivity index (χ1v) is 8.00. The number of aryl methyl sites for hydroxylation is 2. The lowest BCUT2D eigenvalue weighted by molar-refractivity contribution is 0.0990. The molecule has 0 unspecified atom stereocenters. The number of carbonyl (C=O) groups excluding carboxylic acids is 1. The minimum absolute atomic E-state index is 0.0730. The molecule has 0 radical (unpaired) electrons. The molecule has 0 aliphatic carbocycles. The predicted octanol–water partition coefficient (Wildman–Crippen LogP) is 3.87. The van der Waals surface area contributed by atoms with E-state index in [4.69, 9.17) is 9.15 Å². The Labute approximate surface area is 145 Å². The van der Waals surface area contributed by atoms with Gasteiger partial charge in [-0.1, -0.05) is 25.1 Å². The first-order valence-electron chi connectivity index (χ1n) is 8.00. The molecule has 3 aromatic rings. The van der Waals surface area contributed by atoms with Gasteiger partial charge in [-0.25, -0.2) is 0 Å². The summed E-state index contributed by atoms with van der Waals surface area (Å²) in [4.78, 5) is 12.5. The van der Waals surface area contributed by atoms with Crippen molar-refractivity contribution in [3.8, 4) is 17.2 Å². The van der Waals surface area contributed by atoms with E-state index < -0.39 is 5.91 Å². The number of hydrogen-bond donors (Lipinski definition) is 1. The van der Waals surface area contributed by atoms with Crippen molar-refractivity contribution in [1.29, 1.82) is 0 Å². The number of benzene rings is 2. The van der Waals surface area contributed by atoms with E-state index in [1.165, 1.54) is 0 Å². The summed E-state index contributed by atoms with van der Waals surface area (Å²) in [6.07, 6.45) is 0.818. The Balaban J connectivity index is 1.81. The Bertz CT molecular complexity index is 885. The number of amides is 1. The van der Waals surface area contributed by atoms with Crippen LogP contribution in [0.3, 0.4) is 0 Å². The highest BCUT2D eigenvalue weighted by Crippen LogP contribution is 2.24. The van der Waals surface area contributed by atoms with Gasteiger partial charge in [0.1, 0.15) is 5.75 Å². The number of anilines is 1. The van der Waals surface area contributed by atoms with Gasteiger partial charge in [-0.2, -0.15) is 0 Å². The van der Waals surface area contributed by atoms with Crippen LogP contribution < -0.4 is 10.1 Å². The van der Waals surface area contributed by atoms with E-state index in [0.717, 1.165) is 34.5 Å². The minimum Gasteiger partial charge on any atom is -0.497 e. The highest BCUT2D eigenvalue weighted by atomic mass is 16.5. The molecule has 1 amide bonds. The van der Waals surface area contributed by atoms with E-state index >= 15 is 0 Å². The summed E-state index contributed by atoms with van der Waals surface area (Å²) in [5, 5.41) is 10.7. The summed E-state index contributed by atoms with van der Waals surface area (Å²) in [6, 6.07) is 13.1. The van der Waals surface area contributed by atoms with Crippen molar-refractivity contribution < 1.29 is 13.9 Å². The summed E-state index contributed by atoms with van der Waals surface area (Å²) >= 11 is 0. The van der Waals surface area contributed by atoms with Crippen LogP contribution in [0.1, 0.15) is 28.7 Å². The highest BCUT2D eigenvalue weighted by Gasteiger charge is 2.18. The van der Waals surface area contributed by atoms with Gasteiger partial charge in [-0.3, -0.25) is 4.79 Å². The van der Waals surface area contributed by atoms with Gasteiger partial charge < -0.3 is 14.5 Å². The quantitative estimate of drug-likeness (QED) is 0.765. The summed E-state index contributed by atoms with van der Waals surface area (Å²) in [5.41, 5.74) is 3.56. The van der Waals surface area contributed by atoms with Crippen molar-refractivity contribution >= 4 is 11.6 Å². The number of ether oxygens (including phenoxy) is 1. The molecule has 1 aromatic heterocycles. The molecule has 3 rings (SSSR count). The van der Waals surface area contributed by atoms with Crippen LogP contribution in [0.4, 0.5) is 5.69 Å². The Morgan fingerprint density at radius 2 is 1.92 bits per heavy atom. The molecule has 1 heterocycles. The maximum atomic E-state index is 12.5. The number of nitrogens with one attached hydrogen (secondary N) is 1. The molecule has 0 aliphatic heterocycles. The van der Waals surface area contributed by atoms with Crippen LogP contribution in [-0.2, 0) is 6.42 Å². The Kier molecular flexibility index (Phi) is 4.79. The summed E-state index contributed by atoms with van der Waals surface area (Å²) in [5.74, 6) is 0.522. The van der Waals surface area contributed by atoms with Crippen molar-refractivity contribution in [3.63, 3.8) is 0 Å². The molecule has 0 saturated heterocycles. The maximum absolute atomic E-state index is 12.5. The maximum Gasteiger partial charge on any atom is 0.313 e. The van der Waals surface area contributed by atoms with Crippen molar-refractivity contribution in [2.45, 2.75) is 20.3 Å². The molecule has 0 aliphatic rings. The lowest BCUT2D eigenvalue weighted by Crippen LogP contribution is -2.14. The van der Waals surface area contributed by atoms with Gasteiger partial charge >= 0.3 is 11.8 Å². The van der Waals surface area contributed by atoms with Gasteiger partial charge in [-0.05, 0) is 48.7 Å². The normalized spacial score (nSPS) is 10.5. The molecule has 1 N–H and O–H groups in total. The number of para-hydroxylation sites is 1. The van der Waals surface area contributed by atoms with Gasteiger partial charge in [0.15, 0.2) is 0 Å². The number of aromatic nitrogens is 2. The molecule has 128 valence electrons. The van der Waals surface area contributed by atoms with Crippen LogP contribution in [0.2, 0.25) is 0 Å². The molecule has 2 aromatic carbocycles. The topological polar surface area (TPSA) is 77.2 Å². The predicted molar refractivity (Wildman–Crippen MR) is 94.8 cm³/mol. The van der Waals surface area contributed by atoms with Gasteiger partial charge in [0.25, 0.3) is 0 Å². The molecular formula is C19H19N3O3. The number of rotatable bonds is 5. The lowest BCUT2D eigenvalue weighted by atomic mass is 10.1. The highest BCUT2D eigenvalue weighted by molar-refractivity contribution is 6.01. The van der Waals surface area contributed by atoms with Crippen molar-refractivity contribution in [2.24, 2.45) is 0 Å². The van der Waals surface area contributed by atoms with Crippen LogP contribution in [0.15, 0.2) is 46.9 Å². The number of methoxy groups -OCH3 is 1. The van der Waals surface area contributed by atoms with Gasteiger partial charge in [-0.15, -0.1) is 10.2 Å². The van der Waals surface area contributed by atoms with E-state index in [-0.39, 0.29) is 11.8 Å². The zero-order chi connectivity index (χ0) is 17.8. The molecule has 0 fully saturated rings. The number of nitrogens with zero attached hydrogens (tertiary/aromatic N) is 2. The fraction of sp³-hybridized carbons (Fsp3) is 0.211. The molecule has 25 heavy (non-hydrogen) atoms. The Hall–Kier alpha value is -3.15. The fourth-order valence-corrected chi connectivity index (χ4v) is 2.53. The van der Waals surface area contributed by atoms with Gasteiger partial charge in [0, 0.05) is 11.3 Å². The zero-order valence-corrected chi connectivity index (χ0v) is 14.4. The average molecular weight is 337 g/mol. The third kappa shape index (κ3) is 3.52. The van der Waals surface area contributed by atoms with E-state index in [0.29, 0.717) is 0 Å². The van der Waals surface area contributed by atoms with Crippen molar-refractivity contribution in [1.82, 2.24) is 10.2 Å². The van der Waals surface area contributed by atoms with Gasteiger partial charge in [0.05, 0.1) is 7.11 Å². The van der Waals surface area contributed by atoms with E-state index in [2.05, 4.69) is 15.5 Å². The Morgan fingerprint density at radius 1 is 1.16 bits per heavy atom. The smallest absolute Gasteiger partial charge is 0.313 e. The fourth-order valence-electron chi connectivity index (χ4n) is 2.53. The Morgan fingerprint density at radius 3 is 2.60 bits per heavy atom. The third-order valence-corrected chi connectivity index (χ3v) is 3.93. The number of carbonyl (C=O) groups is 1. The average Bonchev–Trinajstić information content (AvgIpc) is 3.13. The summed E-state index contributed by atoms with van der Waals surface area (Å²) < 4.78 is 10.6. The zero-order valence-electron chi connectivity index (χ0n) is 14.4. The summed E-state index contributed by atoms with van der Waals surface area (Å²) in [6.45, 7) is 3.99. The molecule has 0 atom stereocenters. The monoisotopic (exact) mass is 337 g/mol.